The topological polar surface area (TPSA) is 69.6 Å². The Labute approximate surface area is 146 Å². The highest BCUT2D eigenvalue weighted by molar-refractivity contribution is 5.97. The molecule has 2 aromatic carbocycles. The first-order chi connectivity index (χ1) is 12.0. The van der Waals surface area contributed by atoms with E-state index < -0.39 is 11.7 Å². The van der Waals surface area contributed by atoms with Crippen molar-refractivity contribution in [3.05, 3.63) is 65.5 Å². The molecule has 0 bridgehead atoms. The van der Waals surface area contributed by atoms with Crippen LogP contribution >= 0.6 is 0 Å². The molecule has 0 aromatic heterocycles. The van der Waals surface area contributed by atoms with E-state index in [4.69, 9.17) is 0 Å². The summed E-state index contributed by atoms with van der Waals surface area (Å²) in [6, 6.07) is 13.5. The highest BCUT2D eigenvalue weighted by Crippen LogP contribution is 2.17. The van der Waals surface area contributed by atoms with Crippen LogP contribution in [0, 0.1) is 5.82 Å². The predicted octanol–water partition coefficient (Wildman–Crippen LogP) is 2.46. The lowest BCUT2D eigenvalue weighted by molar-refractivity contribution is -0.114. The average Bonchev–Trinajstić information content (AvgIpc) is 2.60. The molecule has 0 saturated heterocycles. The number of hydrogen-bond donors (Lipinski definition) is 2. The Morgan fingerprint density at radius 1 is 1.12 bits per heavy atom. The second kappa shape index (κ2) is 8.94. The van der Waals surface area contributed by atoms with Crippen LogP contribution < -0.4 is 5.32 Å². The van der Waals surface area contributed by atoms with E-state index in [0.717, 1.165) is 11.6 Å². The van der Waals surface area contributed by atoms with Crippen molar-refractivity contribution >= 4 is 17.5 Å². The first kappa shape index (κ1) is 18.6. The van der Waals surface area contributed by atoms with E-state index in [1.54, 1.807) is 0 Å². The molecule has 5 nitrogen and oxygen atoms in total. The van der Waals surface area contributed by atoms with Gasteiger partial charge in [0.05, 0.1) is 12.2 Å². The van der Waals surface area contributed by atoms with E-state index >= 15 is 0 Å². The minimum atomic E-state index is -0.665. The summed E-state index contributed by atoms with van der Waals surface area (Å²) in [5.41, 5.74) is 1.27. The van der Waals surface area contributed by atoms with E-state index in [0.29, 0.717) is 18.7 Å². The van der Waals surface area contributed by atoms with Gasteiger partial charge in [-0.2, -0.15) is 0 Å². The van der Waals surface area contributed by atoms with E-state index in [2.05, 4.69) is 5.32 Å². The van der Waals surface area contributed by atoms with Crippen LogP contribution in [-0.4, -0.2) is 41.5 Å². The SMILES string of the molecule is CC(=O)Nc1ccc(F)c(C(=O)N(CCO)CCc2ccccc2)c1. The van der Waals surface area contributed by atoms with Crippen molar-refractivity contribution in [1.29, 1.82) is 0 Å². The molecule has 132 valence electrons. The van der Waals surface area contributed by atoms with Crippen LogP contribution in [0.2, 0.25) is 0 Å². The Balaban J connectivity index is 2.17. The molecule has 0 fully saturated rings. The van der Waals surface area contributed by atoms with Crippen LogP contribution in [0.3, 0.4) is 0 Å². The van der Waals surface area contributed by atoms with Crippen LogP contribution in [0.25, 0.3) is 0 Å². The molecule has 2 rings (SSSR count). The molecular formula is C19H21FN2O3. The predicted molar refractivity (Wildman–Crippen MR) is 93.8 cm³/mol. The number of nitrogens with one attached hydrogen (secondary N) is 1. The summed E-state index contributed by atoms with van der Waals surface area (Å²) < 4.78 is 14.1. The number of amides is 2. The molecule has 6 heteroatoms. The maximum Gasteiger partial charge on any atom is 0.256 e. The van der Waals surface area contributed by atoms with E-state index in [1.165, 1.54) is 24.0 Å². The normalized spacial score (nSPS) is 10.4. The maximum atomic E-state index is 14.1. The summed E-state index contributed by atoms with van der Waals surface area (Å²) in [5.74, 6) is -1.49. The summed E-state index contributed by atoms with van der Waals surface area (Å²) in [7, 11) is 0. The highest BCUT2D eigenvalue weighted by atomic mass is 19.1. The quantitative estimate of drug-likeness (QED) is 0.811. The fourth-order valence-corrected chi connectivity index (χ4v) is 2.48. The van der Waals surface area contributed by atoms with Crippen molar-refractivity contribution < 1.29 is 19.1 Å². The summed E-state index contributed by atoms with van der Waals surface area (Å²) in [6.45, 7) is 1.58. The largest absolute Gasteiger partial charge is 0.395 e. The van der Waals surface area contributed by atoms with Gasteiger partial charge >= 0.3 is 0 Å². The van der Waals surface area contributed by atoms with Crippen LogP contribution in [0.1, 0.15) is 22.8 Å². The Hall–Kier alpha value is -2.73. The third kappa shape index (κ3) is 5.39. The van der Waals surface area contributed by atoms with Crippen molar-refractivity contribution in [2.45, 2.75) is 13.3 Å². The van der Waals surface area contributed by atoms with Gasteiger partial charge in [0.15, 0.2) is 0 Å². The molecule has 0 spiro atoms. The number of carbonyl (C=O) groups is 2. The van der Waals surface area contributed by atoms with E-state index in [-0.39, 0.29) is 24.6 Å². The van der Waals surface area contributed by atoms with Crippen molar-refractivity contribution in [3.8, 4) is 0 Å². The number of hydrogen-bond acceptors (Lipinski definition) is 3. The molecule has 0 unspecified atom stereocenters. The number of rotatable bonds is 7. The number of aliphatic hydroxyl groups is 1. The van der Waals surface area contributed by atoms with Gasteiger partial charge < -0.3 is 15.3 Å². The molecule has 0 atom stereocenters. The van der Waals surface area contributed by atoms with Gasteiger partial charge in [-0.15, -0.1) is 0 Å². The molecule has 0 radical (unpaired) electrons. The number of nitrogens with zero attached hydrogens (tertiary/aromatic N) is 1. The summed E-state index contributed by atoms with van der Waals surface area (Å²) in [4.78, 5) is 25.2. The van der Waals surface area contributed by atoms with Crippen LogP contribution in [0.15, 0.2) is 48.5 Å². The first-order valence-electron chi connectivity index (χ1n) is 8.02. The average molecular weight is 344 g/mol. The third-order valence-corrected chi connectivity index (χ3v) is 3.69. The lowest BCUT2D eigenvalue weighted by Gasteiger charge is -2.22. The smallest absolute Gasteiger partial charge is 0.256 e. The molecule has 0 aliphatic heterocycles. The Kier molecular flexibility index (Phi) is 6.65. The van der Waals surface area contributed by atoms with Crippen LogP contribution in [0.5, 0.6) is 0 Å². The van der Waals surface area contributed by atoms with Crippen molar-refractivity contribution in [2.75, 3.05) is 25.0 Å². The maximum absolute atomic E-state index is 14.1. The van der Waals surface area contributed by atoms with Crippen molar-refractivity contribution in [2.24, 2.45) is 0 Å². The highest BCUT2D eigenvalue weighted by Gasteiger charge is 2.19. The van der Waals surface area contributed by atoms with Gasteiger partial charge in [0.1, 0.15) is 5.82 Å². The zero-order valence-electron chi connectivity index (χ0n) is 14.0. The third-order valence-electron chi connectivity index (χ3n) is 3.69. The summed E-state index contributed by atoms with van der Waals surface area (Å²) >= 11 is 0. The minimum Gasteiger partial charge on any atom is -0.395 e. The Bertz CT molecular complexity index is 735. The van der Waals surface area contributed by atoms with E-state index in [9.17, 15) is 19.1 Å². The van der Waals surface area contributed by atoms with Crippen molar-refractivity contribution in [3.63, 3.8) is 0 Å². The van der Waals surface area contributed by atoms with Crippen LogP contribution in [-0.2, 0) is 11.2 Å². The summed E-state index contributed by atoms with van der Waals surface area (Å²) in [6.07, 6.45) is 0.597. The fraction of sp³-hybridized carbons (Fsp3) is 0.263. The lowest BCUT2D eigenvalue weighted by Crippen LogP contribution is -2.35. The number of anilines is 1. The molecule has 0 heterocycles. The number of halogens is 1. The molecule has 25 heavy (non-hydrogen) atoms. The molecule has 0 aliphatic carbocycles. The zero-order valence-corrected chi connectivity index (χ0v) is 14.0. The number of carbonyl (C=O) groups excluding carboxylic acids is 2. The Morgan fingerprint density at radius 2 is 1.84 bits per heavy atom. The second-order valence-electron chi connectivity index (χ2n) is 5.63. The first-order valence-corrected chi connectivity index (χ1v) is 8.02. The lowest BCUT2D eigenvalue weighted by atomic mass is 10.1. The van der Waals surface area contributed by atoms with Crippen molar-refractivity contribution in [1.82, 2.24) is 4.90 Å². The standard InChI is InChI=1S/C19H21FN2O3/c1-14(24)21-16-7-8-18(20)17(13-16)19(25)22(11-12-23)10-9-15-5-3-2-4-6-15/h2-8,13,23H,9-12H2,1H3,(H,21,24). The van der Waals surface area contributed by atoms with Gasteiger partial charge in [-0.25, -0.2) is 4.39 Å². The Morgan fingerprint density at radius 3 is 2.48 bits per heavy atom. The number of aliphatic hydroxyl groups excluding tert-OH is 1. The second-order valence-corrected chi connectivity index (χ2v) is 5.63. The fourth-order valence-electron chi connectivity index (χ4n) is 2.48. The molecule has 0 aliphatic rings. The molecule has 0 saturated carbocycles. The molecule has 2 N–H and O–H groups in total. The van der Waals surface area contributed by atoms with Gasteiger partial charge in [-0.05, 0) is 30.2 Å². The molecular weight excluding hydrogens is 323 g/mol. The number of benzene rings is 2. The van der Waals surface area contributed by atoms with Gasteiger partial charge in [0, 0.05) is 25.7 Å². The molecule has 2 amide bonds. The van der Waals surface area contributed by atoms with Gasteiger partial charge in [-0.1, -0.05) is 30.3 Å². The zero-order chi connectivity index (χ0) is 18.2. The van der Waals surface area contributed by atoms with Gasteiger partial charge in [-0.3, -0.25) is 9.59 Å². The minimum absolute atomic E-state index is 0.107. The molecule has 2 aromatic rings. The monoisotopic (exact) mass is 344 g/mol. The van der Waals surface area contributed by atoms with Gasteiger partial charge in [0.25, 0.3) is 5.91 Å². The van der Waals surface area contributed by atoms with E-state index in [1.807, 2.05) is 30.3 Å². The van der Waals surface area contributed by atoms with Gasteiger partial charge in [0.2, 0.25) is 5.91 Å². The van der Waals surface area contributed by atoms with Crippen LogP contribution in [0.4, 0.5) is 10.1 Å². The summed E-state index contributed by atoms with van der Waals surface area (Å²) in [5, 5.41) is 11.8.